The number of rotatable bonds is 9. The standard InChI is InChI=1S/C29H28ClN3O4S/c1-2-37-28(36)22-10-14-24(15-11-22)32-29-33(19-21-8-12-23(30)13-9-21)26(34)18-25(38-29)27(35)31-17-16-20-6-4-3-5-7-20/h3-15,25H,2,16-19H2,1H3,(H,31,35). The van der Waals surface area contributed by atoms with E-state index in [1.807, 2.05) is 42.5 Å². The summed E-state index contributed by atoms with van der Waals surface area (Å²) < 4.78 is 5.04. The van der Waals surface area contributed by atoms with Crippen molar-refractivity contribution < 1.29 is 19.1 Å². The number of carbonyl (C=O) groups excluding carboxylic acids is 3. The molecule has 0 bridgehead atoms. The summed E-state index contributed by atoms with van der Waals surface area (Å²) in [5, 5.41) is 3.38. The predicted molar refractivity (Wildman–Crippen MR) is 151 cm³/mol. The molecule has 196 valence electrons. The first kappa shape index (κ1) is 27.4. The van der Waals surface area contributed by atoms with E-state index >= 15 is 0 Å². The highest BCUT2D eigenvalue weighted by atomic mass is 35.5. The minimum atomic E-state index is -0.600. The fourth-order valence-corrected chi connectivity index (χ4v) is 5.10. The van der Waals surface area contributed by atoms with Crippen molar-refractivity contribution in [2.24, 2.45) is 4.99 Å². The van der Waals surface area contributed by atoms with Gasteiger partial charge in [-0.25, -0.2) is 9.79 Å². The van der Waals surface area contributed by atoms with Gasteiger partial charge in [-0.05, 0) is 60.9 Å². The van der Waals surface area contributed by atoms with E-state index in [0.29, 0.717) is 41.0 Å². The molecule has 1 heterocycles. The van der Waals surface area contributed by atoms with Crippen molar-refractivity contribution in [2.75, 3.05) is 13.2 Å². The van der Waals surface area contributed by atoms with Crippen LogP contribution in [-0.2, 0) is 27.3 Å². The second kappa shape index (κ2) is 13.3. The van der Waals surface area contributed by atoms with Crippen molar-refractivity contribution in [3.8, 4) is 0 Å². The lowest BCUT2D eigenvalue weighted by molar-refractivity contribution is -0.130. The number of carbonyl (C=O) groups is 3. The third kappa shape index (κ3) is 7.46. The van der Waals surface area contributed by atoms with E-state index in [1.165, 1.54) is 11.8 Å². The van der Waals surface area contributed by atoms with Gasteiger partial charge in [0, 0.05) is 18.0 Å². The van der Waals surface area contributed by atoms with E-state index in [9.17, 15) is 14.4 Å². The Balaban J connectivity index is 1.51. The molecule has 0 saturated carbocycles. The zero-order valence-corrected chi connectivity index (χ0v) is 22.5. The van der Waals surface area contributed by atoms with Gasteiger partial charge in [0.1, 0.15) is 0 Å². The summed E-state index contributed by atoms with van der Waals surface area (Å²) in [6, 6.07) is 23.8. The van der Waals surface area contributed by atoms with Crippen LogP contribution in [0.1, 0.15) is 34.8 Å². The number of nitrogens with one attached hydrogen (secondary N) is 1. The summed E-state index contributed by atoms with van der Waals surface area (Å²) in [6.45, 7) is 2.81. The molecule has 0 aromatic heterocycles. The molecule has 0 radical (unpaired) electrons. The molecule has 0 spiro atoms. The maximum atomic E-state index is 13.3. The summed E-state index contributed by atoms with van der Waals surface area (Å²) in [5.41, 5.74) is 2.98. The minimum Gasteiger partial charge on any atom is -0.462 e. The molecule has 1 unspecified atom stereocenters. The Morgan fingerprint density at radius 1 is 1.03 bits per heavy atom. The van der Waals surface area contributed by atoms with Crippen LogP contribution in [0.5, 0.6) is 0 Å². The van der Waals surface area contributed by atoms with Crippen LogP contribution >= 0.6 is 23.4 Å². The molecule has 1 aliphatic heterocycles. The number of thioether (sulfide) groups is 1. The zero-order chi connectivity index (χ0) is 26.9. The number of esters is 1. The molecule has 38 heavy (non-hydrogen) atoms. The molecule has 3 aromatic rings. The first-order valence-corrected chi connectivity index (χ1v) is 13.6. The number of hydrogen-bond acceptors (Lipinski definition) is 6. The maximum Gasteiger partial charge on any atom is 0.338 e. The second-order valence-electron chi connectivity index (χ2n) is 8.61. The van der Waals surface area contributed by atoms with E-state index in [1.54, 1.807) is 48.2 Å². The zero-order valence-electron chi connectivity index (χ0n) is 20.9. The number of aliphatic imine (C=N–C) groups is 1. The Labute approximate surface area is 231 Å². The molecule has 1 fully saturated rings. The van der Waals surface area contributed by atoms with Crippen molar-refractivity contribution >= 4 is 52.0 Å². The molecule has 9 heteroatoms. The molecule has 1 aliphatic rings. The van der Waals surface area contributed by atoms with Crippen LogP contribution in [0, 0.1) is 0 Å². The Morgan fingerprint density at radius 3 is 2.42 bits per heavy atom. The number of halogens is 1. The lowest BCUT2D eigenvalue weighted by Gasteiger charge is -2.32. The highest BCUT2D eigenvalue weighted by Gasteiger charge is 2.35. The predicted octanol–water partition coefficient (Wildman–Crippen LogP) is 5.40. The van der Waals surface area contributed by atoms with Gasteiger partial charge in [-0.15, -0.1) is 0 Å². The Morgan fingerprint density at radius 2 is 1.74 bits per heavy atom. The number of amides is 2. The molecular weight excluding hydrogens is 522 g/mol. The van der Waals surface area contributed by atoms with E-state index in [0.717, 1.165) is 11.1 Å². The molecule has 4 rings (SSSR count). The average Bonchev–Trinajstić information content (AvgIpc) is 2.92. The first-order chi connectivity index (χ1) is 18.4. The van der Waals surface area contributed by atoms with Crippen molar-refractivity contribution in [3.05, 3.63) is 101 Å². The van der Waals surface area contributed by atoms with Gasteiger partial charge < -0.3 is 10.1 Å². The Bertz CT molecular complexity index is 1300. The van der Waals surface area contributed by atoms with Crippen LogP contribution in [0.25, 0.3) is 0 Å². The van der Waals surface area contributed by atoms with Gasteiger partial charge in [-0.3, -0.25) is 14.5 Å². The highest BCUT2D eigenvalue weighted by Crippen LogP contribution is 2.30. The lowest BCUT2D eigenvalue weighted by atomic mass is 10.1. The summed E-state index contributed by atoms with van der Waals surface area (Å²) in [4.78, 5) is 44.5. The minimum absolute atomic E-state index is 0.0657. The smallest absolute Gasteiger partial charge is 0.338 e. The van der Waals surface area contributed by atoms with Gasteiger partial charge in [-0.1, -0.05) is 65.8 Å². The quantitative estimate of drug-likeness (QED) is 0.361. The summed E-state index contributed by atoms with van der Waals surface area (Å²) >= 11 is 7.28. The number of benzene rings is 3. The van der Waals surface area contributed by atoms with Gasteiger partial charge >= 0.3 is 5.97 Å². The molecular formula is C29H28ClN3O4S. The van der Waals surface area contributed by atoms with Crippen LogP contribution < -0.4 is 5.32 Å². The number of amidine groups is 1. The van der Waals surface area contributed by atoms with Crippen LogP contribution in [0.3, 0.4) is 0 Å². The molecule has 7 nitrogen and oxygen atoms in total. The molecule has 0 aliphatic carbocycles. The summed E-state index contributed by atoms with van der Waals surface area (Å²) in [6.07, 6.45) is 0.768. The molecule has 1 saturated heterocycles. The normalized spacial score (nSPS) is 16.4. The lowest BCUT2D eigenvalue weighted by Crippen LogP contribution is -2.46. The van der Waals surface area contributed by atoms with Crippen molar-refractivity contribution in [2.45, 2.75) is 31.6 Å². The van der Waals surface area contributed by atoms with Gasteiger partial charge in [0.25, 0.3) is 0 Å². The van der Waals surface area contributed by atoms with Crippen molar-refractivity contribution in [1.29, 1.82) is 0 Å². The molecule has 1 atom stereocenters. The molecule has 2 amide bonds. The maximum absolute atomic E-state index is 13.3. The van der Waals surface area contributed by atoms with Gasteiger partial charge in [-0.2, -0.15) is 0 Å². The third-order valence-electron chi connectivity index (χ3n) is 5.84. The average molecular weight is 550 g/mol. The highest BCUT2D eigenvalue weighted by molar-refractivity contribution is 8.15. The topological polar surface area (TPSA) is 88.1 Å². The fourth-order valence-electron chi connectivity index (χ4n) is 3.85. The summed E-state index contributed by atoms with van der Waals surface area (Å²) in [5.74, 6) is -0.801. The monoisotopic (exact) mass is 549 g/mol. The van der Waals surface area contributed by atoms with E-state index < -0.39 is 11.2 Å². The Hall–Kier alpha value is -3.62. The second-order valence-corrected chi connectivity index (χ2v) is 10.2. The molecule has 3 aromatic carbocycles. The van der Waals surface area contributed by atoms with Crippen LogP contribution in [0.2, 0.25) is 5.02 Å². The summed E-state index contributed by atoms with van der Waals surface area (Å²) in [7, 11) is 0. The van der Waals surface area contributed by atoms with Crippen LogP contribution in [0.15, 0.2) is 83.9 Å². The van der Waals surface area contributed by atoms with E-state index in [-0.39, 0.29) is 24.8 Å². The SMILES string of the molecule is CCOC(=O)c1ccc(N=C2SC(C(=O)NCCc3ccccc3)CC(=O)N2Cc2ccc(Cl)cc2)cc1. The van der Waals surface area contributed by atoms with Gasteiger partial charge in [0.2, 0.25) is 11.8 Å². The number of ether oxygens (including phenoxy) is 1. The largest absolute Gasteiger partial charge is 0.462 e. The van der Waals surface area contributed by atoms with Crippen molar-refractivity contribution in [3.63, 3.8) is 0 Å². The third-order valence-corrected chi connectivity index (χ3v) is 7.28. The van der Waals surface area contributed by atoms with Crippen molar-refractivity contribution in [1.82, 2.24) is 10.2 Å². The van der Waals surface area contributed by atoms with Crippen LogP contribution in [0.4, 0.5) is 5.69 Å². The Kier molecular flexibility index (Phi) is 9.56. The van der Waals surface area contributed by atoms with E-state index in [2.05, 4.69) is 5.32 Å². The van der Waals surface area contributed by atoms with Gasteiger partial charge in [0.05, 0.1) is 29.7 Å². The first-order valence-electron chi connectivity index (χ1n) is 12.3. The molecule has 1 N–H and O–H groups in total. The fraction of sp³-hybridized carbons (Fsp3) is 0.241. The van der Waals surface area contributed by atoms with Crippen LogP contribution in [-0.4, -0.2) is 46.3 Å². The number of hydrogen-bond donors (Lipinski definition) is 1. The number of nitrogens with zero attached hydrogens (tertiary/aromatic N) is 2. The van der Waals surface area contributed by atoms with E-state index in [4.69, 9.17) is 21.3 Å². The van der Waals surface area contributed by atoms with Gasteiger partial charge in [0.15, 0.2) is 5.17 Å².